The smallest absolute Gasteiger partial charge is 0.362 e. The van der Waals surface area contributed by atoms with E-state index >= 15 is 0 Å². The summed E-state index contributed by atoms with van der Waals surface area (Å²) in [5.41, 5.74) is -0.623. The zero-order valence-electron chi connectivity index (χ0n) is 21.3. The Morgan fingerprint density at radius 1 is 1.19 bits per heavy atom. The molecule has 222 valence electrons. The van der Waals surface area contributed by atoms with E-state index in [1.54, 1.807) is 0 Å². The second-order valence-corrected chi connectivity index (χ2v) is 10.8. The van der Waals surface area contributed by atoms with E-state index in [0.717, 1.165) is 23.5 Å². The van der Waals surface area contributed by atoms with E-state index in [4.69, 9.17) is 9.39 Å². The minimum atomic E-state index is -4.82. The summed E-state index contributed by atoms with van der Waals surface area (Å²) in [5, 5.41) is 38.8. The molecule has 3 aromatic rings. The van der Waals surface area contributed by atoms with Crippen LogP contribution in [-0.4, -0.2) is 96.1 Å². The molecular weight excluding hydrogens is 602 g/mol. The first-order valence-electron chi connectivity index (χ1n) is 11.7. The van der Waals surface area contributed by atoms with Crippen LogP contribution >= 0.6 is 11.3 Å². The van der Waals surface area contributed by atoms with E-state index in [1.807, 2.05) is 0 Å². The van der Waals surface area contributed by atoms with Gasteiger partial charge in [0, 0.05) is 17.5 Å². The van der Waals surface area contributed by atoms with Gasteiger partial charge in [0.25, 0.3) is 11.8 Å². The highest BCUT2D eigenvalue weighted by Gasteiger charge is 2.51. The third-order valence-electron chi connectivity index (χ3n) is 5.86. The fraction of sp³-hybridized carbons (Fsp3) is 0.273. The Morgan fingerprint density at radius 3 is 2.45 bits per heavy atom. The number of nitrogens with one attached hydrogen (secondary N) is 2. The number of nitrogens with zero attached hydrogens (tertiary/aromatic N) is 5. The summed E-state index contributed by atoms with van der Waals surface area (Å²) < 4.78 is 32.0. The number of aryl methyl sites for hydroxylation is 1. The summed E-state index contributed by atoms with van der Waals surface area (Å²) in [7, 11) is -4.82. The second-order valence-electron chi connectivity index (χ2n) is 8.63. The van der Waals surface area contributed by atoms with Gasteiger partial charge >= 0.3 is 16.3 Å². The molecular formula is C22H21N7O11S2. The minimum Gasteiger partial charge on any atom is -0.504 e. The summed E-state index contributed by atoms with van der Waals surface area (Å²) in [5.74, 6) is -4.38. The third-order valence-corrected chi connectivity index (χ3v) is 7.64. The van der Waals surface area contributed by atoms with Gasteiger partial charge < -0.3 is 30.8 Å². The van der Waals surface area contributed by atoms with Crippen molar-refractivity contribution in [2.75, 3.05) is 11.9 Å². The number of carboxylic acid groups (broad SMARTS) is 1. The number of carboxylic acids is 1. The number of hydrogen-bond donors (Lipinski definition) is 6. The number of carbonyl (C=O) groups excluding carboxylic acids is 3. The van der Waals surface area contributed by atoms with Crippen molar-refractivity contribution in [1.82, 2.24) is 24.6 Å². The van der Waals surface area contributed by atoms with Crippen molar-refractivity contribution >= 4 is 67.7 Å². The van der Waals surface area contributed by atoms with Gasteiger partial charge in [-0.3, -0.25) is 18.9 Å². The number of benzene rings is 1. The van der Waals surface area contributed by atoms with Crippen molar-refractivity contribution in [2.45, 2.75) is 31.8 Å². The lowest BCUT2D eigenvalue weighted by Crippen LogP contribution is -2.71. The normalized spacial score (nSPS) is 17.0. The first-order chi connectivity index (χ1) is 19.8. The van der Waals surface area contributed by atoms with Crippen LogP contribution in [0.25, 0.3) is 11.0 Å². The molecule has 1 aromatic carbocycles. The van der Waals surface area contributed by atoms with Crippen LogP contribution in [0.3, 0.4) is 0 Å². The fourth-order valence-corrected chi connectivity index (χ4v) is 5.43. The molecule has 0 spiro atoms. The number of β-lactam (4-membered cyclic amide) rings is 1. The Labute approximate surface area is 239 Å². The van der Waals surface area contributed by atoms with E-state index in [9.17, 15) is 42.9 Å². The van der Waals surface area contributed by atoms with Gasteiger partial charge in [0.15, 0.2) is 28.0 Å². The number of anilines is 1. The zero-order valence-corrected chi connectivity index (χ0v) is 22.9. The lowest BCUT2D eigenvalue weighted by molar-refractivity contribution is -0.143. The van der Waals surface area contributed by atoms with E-state index in [2.05, 4.69) is 30.7 Å². The molecule has 0 saturated carbocycles. The van der Waals surface area contributed by atoms with Gasteiger partial charge in [-0.05, 0) is 19.8 Å². The Hall–Kier alpha value is -4.95. The molecule has 2 atom stereocenters. The highest BCUT2D eigenvalue weighted by molar-refractivity contribution is 7.84. The molecule has 42 heavy (non-hydrogen) atoms. The largest absolute Gasteiger partial charge is 0.504 e. The second kappa shape index (κ2) is 11.9. The van der Waals surface area contributed by atoms with Gasteiger partial charge in [0.05, 0.1) is 22.8 Å². The van der Waals surface area contributed by atoms with Crippen molar-refractivity contribution < 1.29 is 52.3 Å². The predicted octanol–water partition coefficient (Wildman–Crippen LogP) is -0.364. The average Bonchev–Trinajstić information content (AvgIpc) is 3.37. The van der Waals surface area contributed by atoms with E-state index in [-0.39, 0.29) is 57.0 Å². The average molecular weight is 624 g/mol. The number of aromatic carboxylic acids is 1. The molecule has 1 fully saturated rings. The fourth-order valence-electron chi connectivity index (χ4n) is 3.89. The van der Waals surface area contributed by atoms with Crippen LogP contribution in [-0.2, 0) is 35.9 Å². The molecule has 6 N–H and O–H groups in total. The minimum absolute atomic E-state index is 0.0208. The van der Waals surface area contributed by atoms with E-state index < -0.39 is 57.4 Å². The summed E-state index contributed by atoms with van der Waals surface area (Å²) in [6, 6.07) is -0.203. The lowest BCUT2D eigenvalue weighted by Gasteiger charge is -2.42. The monoisotopic (exact) mass is 623 g/mol. The number of aromatic nitrogens is 3. The van der Waals surface area contributed by atoms with Crippen molar-refractivity contribution in [3.05, 3.63) is 34.6 Å². The Morgan fingerprint density at radius 2 is 1.86 bits per heavy atom. The first kappa shape index (κ1) is 30.0. The molecule has 1 aliphatic rings. The number of phenolic OH excluding ortho intramolecular Hbond substituents is 2. The molecule has 1 saturated heterocycles. The molecule has 3 heterocycles. The SMILES string of the molecule is CC1C(NC(=O)C(=NOCCCc2nc3cc(O)c(O)cc3nc2C(=O)O)c2csc(NC=O)n2)C(=O)N1S(=O)(=O)O. The van der Waals surface area contributed by atoms with E-state index in [0.29, 0.717) is 6.41 Å². The summed E-state index contributed by atoms with van der Waals surface area (Å²) in [4.78, 5) is 65.1. The van der Waals surface area contributed by atoms with Gasteiger partial charge in [-0.1, -0.05) is 5.16 Å². The molecule has 0 radical (unpaired) electrons. The number of phenols is 2. The molecule has 3 amide bonds. The topological polar surface area (TPSA) is 271 Å². The van der Waals surface area contributed by atoms with Gasteiger partial charge in [-0.25, -0.2) is 24.1 Å². The number of oxime groups is 1. The number of fused-ring (bicyclic) bond motifs is 1. The molecule has 2 aromatic heterocycles. The molecule has 4 rings (SSSR count). The quantitative estimate of drug-likeness (QED) is 0.0286. The molecule has 2 unspecified atom stereocenters. The van der Waals surface area contributed by atoms with Crippen molar-refractivity contribution in [3.8, 4) is 11.5 Å². The number of carbonyl (C=O) groups is 4. The van der Waals surface area contributed by atoms with Crippen LogP contribution in [0.15, 0.2) is 22.7 Å². The summed E-state index contributed by atoms with van der Waals surface area (Å²) >= 11 is 0.950. The standard InChI is InChI=1S/C22H21N7O11S2/c1-9-16(20(34)29(9)42(37,38)39)27-19(33)17(13-7-41-22(26-13)23-8-30)28-40-4-2-3-10-18(21(35)36)25-12-6-15(32)14(31)5-11(12)24-10/h5-9,16,31-32H,2-4H2,1H3,(H,27,33)(H,35,36)(H,23,26,30)(H,37,38,39). The van der Waals surface area contributed by atoms with Crippen LogP contribution in [0, 0.1) is 0 Å². The van der Waals surface area contributed by atoms with Crippen molar-refractivity contribution in [1.29, 1.82) is 0 Å². The lowest BCUT2D eigenvalue weighted by atomic mass is 10.0. The number of hydrogen-bond acceptors (Lipinski definition) is 14. The van der Waals surface area contributed by atoms with Crippen LogP contribution in [0.1, 0.15) is 35.2 Å². The Bertz CT molecular complexity index is 1720. The van der Waals surface area contributed by atoms with Crippen molar-refractivity contribution in [2.24, 2.45) is 5.16 Å². The van der Waals surface area contributed by atoms with Crippen LogP contribution in [0.5, 0.6) is 11.5 Å². The van der Waals surface area contributed by atoms with Gasteiger partial charge in [0.1, 0.15) is 18.3 Å². The first-order valence-corrected chi connectivity index (χ1v) is 14.0. The number of aromatic hydroxyl groups is 2. The Balaban J connectivity index is 1.48. The third kappa shape index (κ3) is 6.19. The van der Waals surface area contributed by atoms with Gasteiger partial charge in [-0.2, -0.15) is 8.42 Å². The van der Waals surface area contributed by atoms with E-state index in [1.165, 1.54) is 12.3 Å². The molecule has 20 heteroatoms. The zero-order chi connectivity index (χ0) is 30.8. The number of amides is 3. The summed E-state index contributed by atoms with van der Waals surface area (Å²) in [6.45, 7) is 1.11. The molecule has 0 aliphatic carbocycles. The van der Waals surface area contributed by atoms with Gasteiger partial charge in [0.2, 0.25) is 6.41 Å². The van der Waals surface area contributed by atoms with Crippen LogP contribution in [0.2, 0.25) is 0 Å². The number of rotatable bonds is 12. The summed E-state index contributed by atoms with van der Waals surface area (Å²) in [6.07, 6.45) is 0.506. The maximum absolute atomic E-state index is 13.0. The highest BCUT2D eigenvalue weighted by Crippen LogP contribution is 2.29. The van der Waals surface area contributed by atoms with Crippen LogP contribution in [0.4, 0.5) is 5.13 Å². The maximum atomic E-state index is 13.0. The number of thiazole rings is 1. The highest BCUT2D eigenvalue weighted by atomic mass is 32.2. The van der Waals surface area contributed by atoms with Crippen molar-refractivity contribution in [3.63, 3.8) is 0 Å². The molecule has 18 nitrogen and oxygen atoms in total. The molecule has 1 aliphatic heterocycles. The molecule has 0 bridgehead atoms. The predicted molar refractivity (Wildman–Crippen MR) is 142 cm³/mol. The Kier molecular flexibility index (Phi) is 8.49. The maximum Gasteiger partial charge on any atom is 0.362 e. The van der Waals surface area contributed by atoms with Crippen LogP contribution < -0.4 is 10.6 Å². The van der Waals surface area contributed by atoms with Gasteiger partial charge in [-0.15, -0.1) is 11.3 Å².